The van der Waals surface area contributed by atoms with Gasteiger partial charge in [0, 0.05) is 31.4 Å². The van der Waals surface area contributed by atoms with Crippen molar-refractivity contribution in [1.29, 1.82) is 0 Å². The molecular formula is C22H28FN7O. The average Bonchev–Trinajstić information content (AvgIpc) is 3.44. The number of imidazole rings is 1. The van der Waals surface area contributed by atoms with Crippen LogP contribution in [0.15, 0.2) is 30.6 Å². The van der Waals surface area contributed by atoms with Crippen molar-refractivity contribution < 1.29 is 9.13 Å². The van der Waals surface area contributed by atoms with Crippen LogP contribution in [0.5, 0.6) is 5.88 Å². The van der Waals surface area contributed by atoms with Gasteiger partial charge in [-0.15, -0.1) is 0 Å². The Morgan fingerprint density at radius 1 is 1.19 bits per heavy atom. The van der Waals surface area contributed by atoms with Gasteiger partial charge in [0.1, 0.15) is 29.6 Å². The fraction of sp³-hybridized carbons (Fsp3) is 0.500. The first-order chi connectivity index (χ1) is 15.2. The van der Waals surface area contributed by atoms with Crippen molar-refractivity contribution in [3.8, 4) is 17.4 Å². The van der Waals surface area contributed by atoms with Gasteiger partial charge in [-0.05, 0) is 57.5 Å². The normalized spacial score (nSPS) is 19.7. The number of rotatable bonds is 7. The van der Waals surface area contributed by atoms with Gasteiger partial charge in [-0.3, -0.25) is 9.30 Å². The molecule has 1 atom stereocenters. The van der Waals surface area contributed by atoms with Crippen LogP contribution in [0.1, 0.15) is 25.7 Å². The zero-order chi connectivity index (χ0) is 21.0. The lowest BCUT2D eigenvalue weighted by molar-refractivity contribution is 0.232. The number of likely N-dealkylation sites (tertiary alicyclic amines) is 1. The maximum absolute atomic E-state index is 13.9. The maximum Gasteiger partial charge on any atom is 0.219 e. The third-order valence-electron chi connectivity index (χ3n) is 5.91. The molecule has 31 heavy (non-hydrogen) atoms. The number of hydrogen-bond acceptors (Lipinski definition) is 7. The first-order valence-electron chi connectivity index (χ1n) is 11.1. The molecule has 5 rings (SSSR count). The lowest BCUT2D eigenvalue weighted by Crippen LogP contribution is -2.38. The Labute approximate surface area is 180 Å². The van der Waals surface area contributed by atoms with E-state index in [2.05, 4.69) is 25.5 Å². The van der Waals surface area contributed by atoms with Gasteiger partial charge in [0.05, 0.1) is 6.20 Å². The molecule has 0 saturated carbocycles. The number of piperidine rings is 1. The molecule has 2 aliphatic heterocycles. The van der Waals surface area contributed by atoms with Crippen molar-refractivity contribution in [3.05, 3.63) is 36.4 Å². The van der Waals surface area contributed by atoms with Crippen molar-refractivity contribution in [2.75, 3.05) is 44.6 Å². The summed E-state index contributed by atoms with van der Waals surface area (Å²) in [7, 11) is 0. The lowest BCUT2D eigenvalue weighted by Gasteiger charge is -2.24. The summed E-state index contributed by atoms with van der Waals surface area (Å²) in [5.41, 5.74) is 1.27. The zero-order valence-electron chi connectivity index (χ0n) is 17.6. The molecule has 0 aliphatic carbocycles. The monoisotopic (exact) mass is 425 g/mol. The molecule has 2 saturated heterocycles. The predicted octanol–water partition coefficient (Wildman–Crippen LogP) is 2.57. The first-order valence-corrected chi connectivity index (χ1v) is 11.1. The van der Waals surface area contributed by atoms with Crippen molar-refractivity contribution in [2.45, 2.75) is 31.7 Å². The predicted molar refractivity (Wildman–Crippen MR) is 117 cm³/mol. The van der Waals surface area contributed by atoms with Crippen LogP contribution in [0.3, 0.4) is 0 Å². The third-order valence-corrected chi connectivity index (χ3v) is 5.91. The van der Waals surface area contributed by atoms with Gasteiger partial charge in [0.25, 0.3) is 0 Å². The van der Waals surface area contributed by atoms with E-state index < -0.39 is 0 Å². The number of nitrogens with one attached hydrogen (secondary N) is 2. The van der Waals surface area contributed by atoms with Crippen LogP contribution in [0.25, 0.3) is 17.2 Å². The van der Waals surface area contributed by atoms with Crippen LogP contribution in [0.2, 0.25) is 0 Å². The zero-order valence-corrected chi connectivity index (χ0v) is 17.6. The molecule has 3 aromatic rings. The fourth-order valence-corrected chi connectivity index (χ4v) is 4.28. The van der Waals surface area contributed by atoms with E-state index in [1.807, 2.05) is 6.07 Å². The Morgan fingerprint density at radius 2 is 2.10 bits per heavy atom. The van der Waals surface area contributed by atoms with E-state index in [0.717, 1.165) is 45.6 Å². The molecule has 0 radical (unpaired) electrons. The van der Waals surface area contributed by atoms with E-state index in [1.54, 1.807) is 16.7 Å². The second-order valence-corrected chi connectivity index (χ2v) is 8.22. The van der Waals surface area contributed by atoms with Gasteiger partial charge in [-0.1, -0.05) is 0 Å². The number of halogens is 1. The Balaban J connectivity index is 1.42. The van der Waals surface area contributed by atoms with Crippen molar-refractivity contribution in [3.63, 3.8) is 0 Å². The van der Waals surface area contributed by atoms with Crippen LogP contribution >= 0.6 is 0 Å². The molecule has 8 nitrogen and oxygen atoms in total. The summed E-state index contributed by atoms with van der Waals surface area (Å²) in [5, 5.41) is 6.92. The average molecular weight is 426 g/mol. The largest absolute Gasteiger partial charge is 0.476 e. The molecule has 9 heteroatoms. The van der Waals surface area contributed by atoms with Gasteiger partial charge in [-0.25, -0.2) is 14.4 Å². The highest BCUT2D eigenvalue weighted by Crippen LogP contribution is 2.24. The van der Waals surface area contributed by atoms with Gasteiger partial charge in [0.2, 0.25) is 5.88 Å². The fourth-order valence-electron chi connectivity index (χ4n) is 4.28. The topological polar surface area (TPSA) is 79.6 Å². The molecule has 0 bridgehead atoms. The maximum atomic E-state index is 13.9. The third kappa shape index (κ3) is 4.77. The first kappa shape index (κ1) is 20.1. The highest BCUT2D eigenvalue weighted by atomic mass is 19.1. The standard InChI is InChI=1S/C22H28FN7O/c23-16-5-6-20-25-14-18(30(20)15-16)22-27-19(26-17-4-3-7-24-13-17)12-21(28-22)31-11-10-29-8-1-2-9-29/h5-6,12,14-15,17,24H,1-4,7-11,13H2,(H,26,27,28). The molecule has 2 N–H and O–H groups in total. The molecule has 0 aromatic carbocycles. The van der Waals surface area contributed by atoms with Crippen LogP contribution < -0.4 is 15.4 Å². The summed E-state index contributed by atoms with van der Waals surface area (Å²) in [4.78, 5) is 16.1. The molecule has 0 amide bonds. The number of hydrogen-bond donors (Lipinski definition) is 2. The van der Waals surface area contributed by atoms with Crippen LogP contribution in [-0.4, -0.2) is 69.6 Å². The quantitative estimate of drug-likeness (QED) is 0.602. The smallest absolute Gasteiger partial charge is 0.219 e. The van der Waals surface area contributed by atoms with Crippen molar-refractivity contribution in [1.82, 2.24) is 29.6 Å². The lowest BCUT2D eigenvalue weighted by atomic mass is 10.1. The van der Waals surface area contributed by atoms with E-state index in [4.69, 9.17) is 9.72 Å². The second-order valence-electron chi connectivity index (χ2n) is 8.22. The highest BCUT2D eigenvalue weighted by molar-refractivity contribution is 5.59. The Kier molecular flexibility index (Phi) is 5.95. The summed E-state index contributed by atoms with van der Waals surface area (Å²) in [6.45, 7) is 5.66. The minimum absolute atomic E-state index is 0.300. The minimum Gasteiger partial charge on any atom is -0.476 e. The molecule has 5 heterocycles. The van der Waals surface area contributed by atoms with E-state index in [9.17, 15) is 4.39 Å². The van der Waals surface area contributed by atoms with Gasteiger partial charge in [-0.2, -0.15) is 4.98 Å². The summed E-state index contributed by atoms with van der Waals surface area (Å²) < 4.78 is 21.5. The van der Waals surface area contributed by atoms with Crippen LogP contribution in [-0.2, 0) is 0 Å². The molecular weight excluding hydrogens is 397 g/mol. The van der Waals surface area contributed by atoms with Crippen molar-refractivity contribution in [2.24, 2.45) is 0 Å². The highest BCUT2D eigenvalue weighted by Gasteiger charge is 2.18. The molecule has 164 valence electrons. The number of anilines is 1. The van der Waals surface area contributed by atoms with E-state index in [0.29, 0.717) is 41.5 Å². The number of pyridine rings is 1. The molecule has 2 fully saturated rings. The molecule has 1 unspecified atom stereocenters. The summed E-state index contributed by atoms with van der Waals surface area (Å²) in [5.74, 6) is 1.35. The summed E-state index contributed by atoms with van der Waals surface area (Å²) >= 11 is 0. The van der Waals surface area contributed by atoms with Crippen LogP contribution in [0.4, 0.5) is 10.2 Å². The molecule has 2 aliphatic rings. The number of ether oxygens (including phenoxy) is 1. The van der Waals surface area contributed by atoms with E-state index >= 15 is 0 Å². The Bertz CT molecular complexity index is 1030. The van der Waals surface area contributed by atoms with Gasteiger partial charge >= 0.3 is 0 Å². The number of aromatic nitrogens is 4. The molecule has 3 aromatic heterocycles. The van der Waals surface area contributed by atoms with Crippen LogP contribution in [0, 0.1) is 5.82 Å². The van der Waals surface area contributed by atoms with E-state index in [1.165, 1.54) is 25.1 Å². The summed E-state index contributed by atoms with van der Waals surface area (Å²) in [6, 6.07) is 5.19. The second kappa shape index (κ2) is 9.15. The SMILES string of the molecule is Fc1ccc2ncc(-c3nc(NC4CCCNC4)cc(OCCN4CCCC4)n3)n2c1. The van der Waals surface area contributed by atoms with Crippen molar-refractivity contribution >= 4 is 11.5 Å². The summed E-state index contributed by atoms with van der Waals surface area (Å²) in [6.07, 6.45) is 7.79. The molecule has 0 spiro atoms. The van der Waals surface area contributed by atoms with E-state index in [-0.39, 0.29) is 5.82 Å². The number of fused-ring (bicyclic) bond motifs is 1. The Hall–Kier alpha value is -2.78. The number of nitrogens with zero attached hydrogens (tertiary/aromatic N) is 5. The van der Waals surface area contributed by atoms with Gasteiger partial charge < -0.3 is 15.4 Å². The Morgan fingerprint density at radius 3 is 2.94 bits per heavy atom. The van der Waals surface area contributed by atoms with Gasteiger partial charge in [0.15, 0.2) is 5.82 Å². The minimum atomic E-state index is -0.337.